The molecule has 0 aromatic heterocycles. The summed E-state index contributed by atoms with van der Waals surface area (Å²) < 4.78 is 3.84. The summed E-state index contributed by atoms with van der Waals surface area (Å²) in [6, 6.07) is 28.2. The summed E-state index contributed by atoms with van der Waals surface area (Å²) in [6.45, 7) is 0. The van der Waals surface area contributed by atoms with E-state index < -0.39 is 19.9 Å². The van der Waals surface area contributed by atoms with Crippen molar-refractivity contribution in [3.63, 3.8) is 0 Å². The minimum absolute atomic E-state index is 0.329. The summed E-state index contributed by atoms with van der Waals surface area (Å²) >= 11 is -1.39. The van der Waals surface area contributed by atoms with Gasteiger partial charge in [0, 0.05) is 0 Å². The Morgan fingerprint density at radius 1 is 0.636 bits per heavy atom. The van der Waals surface area contributed by atoms with E-state index in [1.165, 1.54) is 13.4 Å². The number of carbonyl (C=O) groups is 1. The van der Waals surface area contributed by atoms with Crippen molar-refractivity contribution in [3.05, 3.63) is 90.5 Å². The van der Waals surface area contributed by atoms with Crippen molar-refractivity contribution in [1.82, 2.24) is 0 Å². The normalized spacial score (nSPS) is 10.6. The third-order valence-corrected chi connectivity index (χ3v) is 7.97. The monoisotopic (exact) mass is 355 g/mol. The molecule has 3 aromatic rings. The van der Waals surface area contributed by atoms with Crippen molar-refractivity contribution in [3.8, 4) is 0 Å². The Labute approximate surface area is 133 Å². The van der Waals surface area contributed by atoms with Crippen LogP contribution < -0.4 is 13.4 Å². The van der Waals surface area contributed by atoms with E-state index in [1.54, 1.807) is 12.1 Å². The van der Waals surface area contributed by atoms with Crippen molar-refractivity contribution in [2.75, 3.05) is 0 Å². The fraction of sp³-hybridized carbons (Fsp3) is 0. The van der Waals surface area contributed by atoms with Gasteiger partial charge >= 0.3 is 134 Å². The molecule has 0 amide bonds. The van der Waals surface area contributed by atoms with Gasteiger partial charge in [0.1, 0.15) is 0 Å². The van der Waals surface area contributed by atoms with Crippen LogP contribution in [0.4, 0.5) is 0 Å². The minimum atomic E-state index is -1.39. The van der Waals surface area contributed by atoms with Crippen molar-refractivity contribution in [1.29, 1.82) is 0 Å². The SMILES string of the molecule is O=C(O)c1ccc([Se+](c2ccccc2)c2ccccc2)cc1. The molecular weight excluding hydrogens is 339 g/mol. The van der Waals surface area contributed by atoms with E-state index in [9.17, 15) is 4.79 Å². The summed E-state index contributed by atoms with van der Waals surface area (Å²) in [5.74, 6) is -0.887. The van der Waals surface area contributed by atoms with Gasteiger partial charge < -0.3 is 0 Å². The number of hydrogen-bond donors (Lipinski definition) is 1. The van der Waals surface area contributed by atoms with Gasteiger partial charge in [-0.1, -0.05) is 0 Å². The Morgan fingerprint density at radius 3 is 1.45 bits per heavy atom. The third-order valence-electron chi connectivity index (χ3n) is 3.29. The van der Waals surface area contributed by atoms with Gasteiger partial charge in [-0.3, -0.25) is 0 Å². The summed E-state index contributed by atoms with van der Waals surface area (Å²) in [7, 11) is 0. The number of carboxylic acids is 1. The summed E-state index contributed by atoms with van der Waals surface area (Å²) in [5, 5.41) is 9.06. The fourth-order valence-electron chi connectivity index (χ4n) is 2.25. The van der Waals surface area contributed by atoms with E-state index in [-0.39, 0.29) is 0 Å². The van der Waals surface area contributed by atoms with Crippen molar-refractivity contribution in [2.45, 2.75) is 0 Å². The Bertz CT molecular complexity index is 713. The fourth-order valence-corrected chi connectivity index (χ4v) is 6.63. The predicted octanol–water partition coefficient (Wildman–Crippen LogP) is 1.90. The molecule has 1 N–H and O–H groups in total. The molecule has 0 heterocycles. The average molecular weight is 354 g/mol. The number of benzene rings is 3. The Kier molecular flexibility index (Phi) is 4.38. The molecule has 2 nitrogen and oxygen atoms in total. The van der Waals surface area contributed by atoms with Gasteiger partial charge in [0.15, 0.2) is 0 Å². The van der Waals surface area contributed by atoms with Gasteiger partial charge in [-0.25, -0.2) is 0 Å². The maximum atomic E-state index is 11.0. The molecular formula is C19H15O2Se+. The van der Waals surface area contributed by atoms with Crippen LogP contribution in [0.5, 0.6) is 0 Å². The summed E-state index contributed by atoms with van der Waals surface area (Å²) in [4.78, 5) is 11.0. The third kappa shape index (κ3) is 3.11. The second-order valence-electron chi connectivity index (χ2n) is 4.76. The molecule has 22 heavy (non-hydrogen) atoms. The van der Waals surface area contributed by atoms with E-state index in [0.717, 1.165) is 0 Å². The van der Waals surface area contributed by atoms with Crippen LogP contribution >= 0.6 is 0 Å². The first-order valence-electron chi connectivity index (χ1n) is 6.93. The Hall–Kier alpha value is -2.35. The standard InChI is InChI=1S/C19H14O2Se/c20-19(21)15-11-13-18(14-12-15)22(16-7-3-1-4-8-16)17-9-5-2-6-10-17/h1-14H/p+1. The molecule has 3 aromatic carbocycles. The molecule has 0 saturated carbocycles. The van der Waals surface area contributed by atoms with Crippen LogP contribution in [0.1, 0.15) is 10.4 Å². The number of carboxylic acid groups (broad SMARTS) is 1. The van der Waals surface area contributed by atoms with Crippen LogP contribution in [0.3, 0.4) is 0 Å². The quantitative estimate of drug-likeness (QED) is 0.727. The van der Waals surface area contributed by atoms with Crippen LogP contribution in [0.15, 0.2) is 84.9 Å². The predicted molar refractivity (Wildman–Crippen MR) is 90.9 cm³/mol. The second-order valence-corrected chi connectivity index (χ2v) is 9.01. The van der Waals surface area contributed by atoms with E-state index >= 15 is 0 Å². The average Bonchev–Trinajstić information content (AvgIpc) is 2.57. The zero-order valence-corrected chi connectivity index (χ0v) is 13.6. The molecule has 0 fully saturated rings. The van der Waals surface area contributed by atoms with Gasteiger partial charge in [0.05, 0.1) is 0 Å². The molecule has 0 atom stereocenters. The molecule has 3 rings (SSSR count). The van der Waals surface area contributed by atoms with Gasteiger partial charge in [0.2, 0.25) is 0 Å². The summed E-state index contributed by atoms with van der Waals surface area (Å²) in [6.07, 6.45) is 0. The topological polar surface area (TPSA) is 37.3 Å². The van der Waals surface area contributed by atoms with Crippen LogP contribution in [0, 0.1) is 0 Å². The number of rotatable bonds is 4. The van der Waals surface area contributed by atoms with Crippen molar-refractivity contribution >= 4 is 33.3 Å². The molecule has 0 unspecified atom stereocenters. The molecule has 0 bridgehead atoms. The molecule has 0 aliphatic heterocycles. The zero-order chi connectivity index (χ0) is 15.4. The Balaban J connectivity index is 2.08. The first-order valence-corrected chi connectivity index (χ1v) is 9.50. The number of hydrogen-bond acceptors (Lipinski definition) is 1. The Morgan fingerprint density at radius 2 is 1.05 bits per heavy atom. The van der Waals surface area contributed by atoms with Crippen LogP contribution in [-0.2, 0) is 0 Å². The molecule has 3 heteroatoms. The molecule has 0 aliphatic rings. The first-order chi connectivity index (χ1) is 10.8. The van der Waals surface area contributed by atoms with E-state index in [4.69, 9.17) is 5.11 Å². The van der Waals surface area contributed by atoms with E-state index in [1.807, 2.05) is 24.3 Å². The number of aromatic carboxylic acids is 1. The van der Waals surface area contributed by atoms with Crippen LogP contribution in [-0.4, -0.2) is 25.0 Å². The van der Waals surface area contributed by atoms with Gasteiger partial charge in [-0.2, -0.15) is 0 Å². The van der Waals surface area contributed by atoms with Gasteiger partial charge in [-0.15, -0.1) is 0 Å². The van der Waals surface area contributed by atoms with E-state index in [2.05, 4.69) is 48.5 Å². The van der Waals surface area contributed by atoms with Gasteiger partial charge in [0.25, 0.3) is 0 Å². The van der Waals surface area contributed by atoms with Crippen molar-refractivity contribution in [2.24, 2.45) is 0 Å². The summed E-state index contributed by atoms with van der Waals surface area (Å²) in [5.41, 5.74) is 0.329. The second kappa shape index (κ2) is 6.61. The zero-order valence-electron chi connectivity index (χ0n) is 11.8. The molecule has 0 radical (unpaired) electrons. The van der Waals surface area contributed by atoms with Crippen LogP contribution in [0.2, 0.25) is 0 Å². The van der Waals surface area contributed by atoms with Gasteiger partial charge in [-0.05, 0) is 0 Å². The molecule has 0 saturated heterocycles. The van der Waals surface area contributed by atoms with Crippen molar-refractivity contribution < 1.29 is 9.90 Å². The molecule has 0 spiro atoms. The first kappa shape index (κ1) is 14.6. The van der Waals surface area contributed by atoms with Crippen LogP contribution in [0.25, 0.3) is 0 Å². The molecule has 108 valence electrons. The maximum absolute atomic E-state index is 11.0. The molecule has 0 aliphatic carbocycles. The van der Waals surface area contributed by atoms with E-state index in [0.29, 0.717) is 5.56 Å².